The van der Waals surface area contributed by atoms with Crippen LogP contribution in [0.2, 0.25) is 0 Å². The molecule has 3 atom stereocenters. The summed E-state index contributed by atoms with van der Waals surface area (Å²) < 4.78 is 39.2. The molecule has 28 heavy (non-hydrogen) atoms. The Morgan fingerprint density at radius 3 is 2.32 bits per heavy atom. The van der Waals surface area contributed by atoms with Crippen LogP contribution in [0.15, 0.2) is 0 Å². The molecule has 2 aliphatic rings. The zero-order valence-corrected chi connectivity index (χ0v) is 20.8. The van der Waals surface area contributed by atoms with Crippen molar-refractivity contribution in [3.63, 3.8) is 0 Å². The van der Waals surface area contributed by atoms with Gasteiger partial charge in [0.1, 0.15) is 10.7 Å². The van der Waals surface area contributed by atoms with Crippen molar-refractivity contribution in [3.05, 3.63) is 0 Å². The van der Waals surface area contributed by atoms with E-state index < -0.39 is 29.0 Å². The molecule has 0 N–H and O–H groups in total. The molecule has 0 aromatic rings. The summed E-state index contributed by atoms with van der Waals surface area (Å²) in [5.74, 6) is 0. The van der Waals surface area contributed by atoms with Gasteiger partial charge < -0.3 is 9.05 Å². The van der Waals surface area contributed by atoms with E-state index in [-0.39, 0.29) is 16.8 Å². The Kier molecular flexibility index (Phi) is 9.41. The number of rotatable bonds is 9. The summed E-state index contributed by atoms with van der Waals surface area (Å²) in [5.41, 5.74) is 0. The molecule has 0 radical (unpaired) electrons. The first-order valence-electron chi connectivity index (χ1n) is 9.91. The normalized spacial score (nSPS) is 26.2. The van der Waals surface area contributed by atoms with Crippen LogP contribution < -0.4 is 0 Å². The van der Waals surface area contributed by atoms with E-state index in [4.69, 9.17) is 14.3 Å². The van der Waals surface area contributed by atoms with Crippen LogP contribution in [0.25, 0.3) is 0 Å². The first kappa shape index (κ1) is 24.7. The van der Waals surface area contributed by atoms with E-state index in [1.165, 1.54) is 23.5 Å². The monoisotopic (exact) mass is 468 g/mol. The van der Waals surface area contributed by atoms with Crippen molar-refractivity contribution in [2.45, 2.75) is 93.7 Å². The number of hydrogen-bond donors (Lipinski definition) is 0. The average molecular weight is 469 g/mol. The number of nitrogens with zero attached hydrogens (tertiary/aromatic N) is 2. The first-order chi connectivity index (χ1) is 13.1. The maximum absolute atomic E-state index is 12.5. The van der Waals surface area contributed by atoms with Crippen molar-refractivity contribution in [2.24, 2.45) is 0 Å². The summed E-state index contributed by atoms with van der Waals surface area (Å²) in [6.45, 7) is 8.66. The summed E-state index contributed by atoms with van der Waals surface area (Å²) in [6, 6.07) is 2.49. The third-order valence-electron chi connectivity index (χ3n) is 5.06. The maximum atomic E-state index is 12.5. The van der Waals surface area contributed by atoms with Crippen molar-refractivity contribution in [3.8, 4) is 6.07 Å². The van der Waals surface area contributed by atoms with Gasteiger partial charge in [-0.2, -0.15) is 5.26 Å². The third-order valence-corrected chi connectivity index (χ3v) is 13.4. The molecule has 6 nitrogen and oxygen atoms in total. The second-order valence-corrected chi connectivity index (χ2v) is 14.7. The van der Waals surface area contributed by atoms with Crippen LogP contribution in [-0.4, -0.2) is 53.5 Å². The molecule has 1 heterocycles. The molecular weight excluding hydrogens is 435 g/mol. The summed E-state index contributed by atoms with van der Waals surface area (Å²) in [7, 11) is -1.57. The molecule has 1 unspecified atom stereocenters. The minimum atomic E-state index is -3.26. The molecule has 2 rings (SSSR count). The minimum absolute atomic E-state index is 0.171. The highest BCUT2D eigenvalue weighted by Gasteiger charge is 2.56. The van der Waals surface area contributed by atoms with Crippen LogP contribution in [0.3, 0.4) is 0 Å². The molecule has 10 heteroatoms. The highest BCUT2D eigenvalue weighted by atomic mass is 33.1. The van der Waals surface area contributed by atoms with Crippen LogP contribution >= 0.6 is 30.1 Å². The Morgan fingerprint density at radius 2 is 1.82 bits per heavy atom. The highest BCUT2D eigenvalue weighted by Crippen LogP contribution is 2.63. The third kappa shape index (κ3) is 6.00. The molecule has 2 fully saturated rings. The Labute approximate surface area is 179 Å². The van der Waals surface area contributed by atoms with Gasteiger partial charge in [-0.15, -0.1) is 0 Å². The second kappa shape index (κ2) is 10.7. The summed E-state index contributed by atoms with van der Waals surface area (Å²) in [4.78, 5) is 0. The zero-order chi connectivity index (χ0) is 20.9. The average Bonchev–Trinajstić information content (AvgIpc) is 2.93. The van der Waals surface area contributed by atoms with E-state index in [9.17, 15) is 8.42 Å². The lowest BCUT2D eigenvalue weighted by Crippen LogP contribution is -2.46. The first-order valence-corrected chi connectivity index (χ1v) is 15.2. The van der Waals surface area contributed by atoms with Gasteiger partial charge in [-0.05, 0) is 40.5 Å². The van der Waals surface area contributed by atoms with Crippen LogP contribution in [0.5, 0.6) is 0 Å². The van der Waals surface area contributed by atoms with Crippen LogP contribution in [0, 0.1) is 11.3 Å². The number of nitriles is 1. The molecular formula is C18H33N2O4PS3. The largest absolute Gasteiger partial charge is 0.321 e. The smallest absolute Gasteiger partial charge is 0.259 e. The Morgan fingerprint density at radius 1 is 1.21 bits per heavy atom. The molecule has 1 spiro atoms. The molecule has 0 aromatic carbocycles. The SMILES string of the molecule is CC(C)N(C(C)C)P(OCCC#N)O[C@@H]1[C@H](S(C)(=O)=O)SSC12CCCCC2. The minimum Gasteiger partial charge on any atom is -0.321 e. The lowest BCUT2D eigenvalue weighted by atomic mass is 9.84. The lowest BCUT2D eigenvalue weighted by molar-refractivity contribution is 0.104. The zero-order valence-electron chi connectivity index (χ0n) is 17.5. The van der Waals surface area contributed by atoms with Crippen molar-refractivity contribution in [2.75, 3.05) is 12.9 Å². The van der Waals surface area contributed by atoms with Crippen molar-refractivity contribution in [1.82, 2.24) is 4.67 Å². The Bertz CT molecular complexity index is 640. The van der Waals surface area contributed by atoms with E-state index in [2.05, 4.69) is 38.4 Å². The highest BCUT2D eigenvalue weighted by molar-refractivity contribution is 8.79. The standard InChI is InChI=1S/C18H33N2O4PS3/c1-14(2)20(15(3)4)25(23-13-9-12-19)24-16-17(28(5,21)22)26-27-18(16)10-7-6-8-11-18/h14-17H,6-11,13H2,1-5H3/t16-,17+,25?/m1/s1. The molecule has 162 valence electrons. The number of sulfone groups is 1. The van der Waals surface area contributed by atoms with E-state index in [1.54, 1.807) is 10.8 Å². The van der Waals surface area contributed by atoms with Gasteiger partial charge in [0.2, 0.25) is 0 Å². The van der Waals surface area contributed by atoms with E-state index in [0.29, 0.717) is 13.0 Å². The predicted octanol–water partition coefficient (Wildman–Crippen LogP) is 5.12. The lowest BCUT2D eigenvalue weighted by Gasteiger charge is -2.42. The van der Waals surface area contributed by atoms with Gasteiger partial charge in [-0.3, -0.25) is 0 Å². The van der Waals surface area contributed by atoms with Crippen molar-refractivity contribution in [1.29, 1.82) is 5.26 Å². The van der Waals surface area contributed by atoms with Gasteiger partial charge in [0.05, 0.1) is 23.8 Å². The number of hydrogen-bond acceptors (Lipinski definition) is 8. The van der Waals surface area contributed by atoms with Gasteiger partial charge in [-0.1, -0.05) is 40.9 Å². The fourth-order valence-electron chi connectivity index (χ4n) is 3.84. The second-order valence-electron chi connectivity index (χ2n) is 8.08. The summed E-state index contributed by atoms with van der Waals surface area (Å²) in [5, 5.41) is 8.90. The molecule has 0 aromatic heterocycles. The Hall–Kier alpha value is 0.450. The molecule has 1 saturated carbocycles. The summed E-state index contributed by atoms with van der Waals surface area (Å²) >= 11 is 0. The molecule has 1 saturated heterocycles. The van der Waals surface area contributed by atoms with E-state index in [0.717, 1.165) is 25.7 Å². The summed E-state index contributed by atoms with van der Waals surface area (Å²) in [6.07, 6.45) is 6.57. The van der Waals surface area contributed by atoms with Gasteiger partial charge in [-0.25, -0.2) is 13.1 Å². The van der Waals surface area contributed by atoms with E-state index in [1.807, 2.05) is 0 Å². The molecule has 0 amide bonds. The molecule has 0 bridgehead atoms. The van der Waals surface area contributed by atoms with Gasteiger partial charge in [0, 0.05) is 18.3 Å². The van der Waals surface area contributed by atoms with Crippen molar-refractivity contribution < 1.29 is 17.5 Å². The quantitative estimate of drug-likeness (QED) is 0.262. The predicted molar refractivity (Wildman–Crippen MR) is 120 cm³/mol. The van der Waals surface area contributed by atoms with Gasteiger partial charge in [0.25, 0.3) is 8.53 Å². The van der Waals surface area contributed by atoms with Crippen LogP contribution in [-0.2, 0) is 18.9 Å². The molecule has 1 aliphatic carbocycles. The molecule has 1 aliphatic heterocycles. The van der Waals surface area contributed by atoms with Gasteiger partial charge >= 0.3 is 0 Å². The maximum Gasteiger partial charge on any atom is 0.259 e. The van der Waals surface area contributed by atoms with Crippen LogP contribution in [0.4, 0.5) is 0 Å². The fourth-order valence-corrected chi connectivity index (χ4v) is 12.4. The van der Waals surface area contributed by atoms with Gasteiger partial charge in [0.15, 0.2) is 9.84 Å². The van der Waals surface area contributed by atoms with Crippen molar-refractivity contribution >= 4 is 40.0 Å². The fraction of sp³-hybridized carbons (Fsp3) is 0.944. The topological polar surface area (TPSA) is 79.6 Å². The van der Waals surface area contributed by atoms with Crippen LogP contribution in [0.1, 0.15) is 66.2 Å². The van der Waals surface area contributed by atoms with E-state index >= 15 is 0 Å². The Balaban J connectivity index is 2.33.